The Morgan fingerprint density at radius 3 is 2.94 bits per heavy atom. The molecule has 1 N–H and O–H groups in total. The number of nitrogens with zero attached hydrogens (tertiary/aromatic N) is 3. The predicted molar refractivity (Wildman–Crippen MR) is 67.8 cm³/mol. The molecule has 17 heavy (non-hydrogen) atoms. The largest absolute Gasteiger partial charge is 0.390 e. The van der Waals surface area contributed by atoms with Crippen LogP contribution in [0.3, 0.4) is 0 Å². The van der Waals surface area contributed by atoms with Crippen LogP contribution >= 0.6 is 0 Å². The summed E-state index contributed by atoms with van der Waals surface area (Å²) in [5.74, 6) is 1.67. The monoisotopic (exact) mass is 235 g/mol. The van der Waals surface area contributed by atoms with Gasteiger partial charge >= 0.3 is 0 Å². The summed E-state index contributed by atoms with van der Waals surface area (Å²) >= 11 is 0. The van der Waals surface area contributed by atoms with Crippen molar-refractivity contribution < 1.29 is 5.11 Å². The van der Waals surface area contributed by atoms with Gasteiger partial charge in [-0.15, -0.1) is 0 Å². The van der Waals surface area contributed by atoms with E-state index in [1.54, 1.807) is 12.4 Å². The minimum absolute atomic E-state index is 0.0459. The molecule has 4 heteroatoms. The van der Waals surface area contributed by atoms with E-state index >= 15 is 0 Å². The molecule has 0 aliphatic heterocycles. The van der Waals surface area contributed by atoms with E-state index in [1.807, 2.05) is 0 Å². The molecule has 1 saturated carbocycles. The van der Waals surface area contributed by atoms with E-state index in [4.69, 9.17) is 5.11 Å². The van der Waals surface area contributed by atoms with Crippen LogP contribution < -0.4 is 4.90 Å². The Balaban J connectivity index is 2.09. The Morgan fingerprint density at radius 1 is 1.41 bits per heavy atom. The Hall–Kier alpha value is -1.16. The topological polar surface area (TPSA) is 49.2 Å². The molecule has 1 aliphatic rings. The highest BCUT2D eigenvalue weighted by molar-refractivity contribution is 5.36. The first-order chi connectivity index (χ1) is 8.20. The van der Waals surface area contributed by atoms with Crippen molar-refractivity contribution in [1.29, 1.82) is 0 Å². The van der Waals surface area contributed by atoms with Gasteiger partial charge in [-0.2, -0.15) is 0 Å². The predicted octanol–water partition coefficient (Wildman–Crippen LogP) is 1.98. The minimum atomic E-state index is -0.0459. The van der Waals surface area contributed by atoms with Gasteiger partial charge < -0.3 is 10.0 Å². The quantitative estimate of drug-likeness (QED) is 0.870. The lowest BCUT2D eigenvalue weighted by Gasteiger charge is -2.34. The van der Waals surface area contributed by atoms with E-state index in [0.717, 1.165) is 11.7 Å². The van der Waals surface area contributed by atoms with Gasteiger partial charge in [-0.3, -0.25) is 4.98 Å². The molecule has 94 valence electrons. The highest BCUT2D eigenvalue weighted by Crippen LogP contribution is 2.28. The van der Waals surface area contributed by atoms with E-state index < -0.39 is 0 Å². The van der Waals surface area contributed by atoms with Crippen molar-refractivity contribution >= 4 is 5.82 Å². The molecule has 1 heterocycles. The van der Waals surface area contributed by atoms with Crippen LogP contribution in [-0.4, -0.2) is 28.2 Å². The van der Waals surface area contributed by atoms with Crippen molar-refractivity contribution in [1.82, 2.24) is 9.97 Å². The van der Waals surface area contributed by atoms with E-state index in [1.165, 1.54) is 25.7 Å². The Labute approximate surface area is 103 Å². The first kappa shape index (κ1) is 12.3. The molecule has 0 saturated heterocycles. The molecule has 0 radical (unpaired) electrons. The van der Waals surface area contributed by atoms with Gasteiger partial charge in [0.05, 0.1) is 24.7 Å². The first-order valence-electron chi connectivity index (χ1n) is 6.35. The van der Waals surface area contributed by atoms with E-state index in [2.05, 4.69) is 28.8 Å². The van der Waals surface area contributed by atoms with Gasteiger partial charge in [0.15, 0.2) is 0 Å². The summed E-state index contributed by atoms with van der Waals surface area (Å²) in [4.78, 5) is 10.7. The van der Waals surface area contributed by atoms with Crippen LogP contribution in [-0.2, 0) is 6.61 Å². The van der Waals surface area contributed by atoms with Gasteiger partial charge in [0, 0.05) is 13.1 Å². The molecule has 0 aromatic carbocycles. The van der Waals surface area contributed by atoms with Crippen LogP contribution in [0.5, 0.6) is 0 Å². The number of aliphatic hydroxyl groups excluding tert-OH is 1. The van der Waals surface area contributed by atoms with Gasteiger partial charge in [-0.1, -0.05) is 19.8 Å². The zero-order valence-corrected chi connectivity index (χ0v) is 10.6. The zero-order valence-electron chi connectivity index (χ0n) is 10.6. The normalized spacial score (nSPS) is 24.6. The third kappa shape index (κ3) is 2.94. The average Bonchev–Trinajstić information content (AvgIpc) is 2.38. The third-order valence-electron chi connectivity index (χ3n) is 3.65. The summed E-state index contributed by atoms with van der Waals surface area (Å²) in [6, 6.07) is 0.557. The number of rotatable bonds is 3. The highest BCUT2D eigenvalue weighted by Gasteiger charge is 2.23. The fourth-order valence-corrected chi connectivity index (χ4v) is 2.58. The van der Waals surface area contributed by atoms with Crippen molar-refractivity contribution in [3.63, 3.8) is 0 Å². The standard InChI is InChI=1S/C13H21N3O/c1-10-4-3-5-12(6-10)16(2)13-8-14-7-11(9-17)15-13/h7-8,10,12,17H,3-6,9H2,1-2H3. The summed E-state index contributed by atoms with van der Waals surface area (Å²) in [5.41, 5.74) is 0.637. The second kappa shape index (κ2) is 5.45. The zero-order chi connectivity index (χ0) is 12.3. The molecule has 1 aromatic heterocycles. The molecule has 0 amide bonds. The Kier molecular flexibility index (Phi) is 3.94. The SMILES string of the molecule is CC1CCCC(N(C)c2cncc(CO)n2)C1. The van der Waals surface area contributed by atoms with Gasteiger partial charge in [-0.05, 0) is 18.8 Å². The number of anilines is 1. The third-order valence-corrected chi connectivity index (χ3v) is 3.65. The van der Waals surface area contributed by atoms with Crippen LogP contribution in [0.15, 0.2) is 12.4 Å². The molecule has 2 unspecified atom stereocenters. The lowest BCUT2D eigenvalue weighted by molar-refractivity contribution is 0.276. The van der Waals surface area contributed by atoms with Crippen LogP contribution in [0.25, 0.3) is 0 Å². The number of hydrogen-bond acceptors (Lipinski definition) is 4. The number of aromatic nitrogens is 2. The van der Waals surface area contributed by atoms with Crippen molar-refractivity contribution in [2.24, 2.45) is 5.92 Å². The molecule has 1 fully saturated rings. The molecule has 2 rings (SSSR count). The van der Waals surface area contributed by atoms with Crippen LogP contribution in [0.2, 0.25) is 0 Å². The van der Waals surface area contributed by atoms with Gasteiger partial charge in [-0.25, -0.2) is 4.98 Å². The maximum Gasteiger partial charge on any atom is 0.147 e. The summed E-state index contributed by atoms with van der Waals surface area (Å²) in [5, 5.41) is 9.08. The van der Waals surface area contributed by atoms with E-state index in [9.17, 15) is 0 Å². The van der Waals surface area contributed by atoms with E-state index in [0.29, 0.717) is 11.7 Å². The lowest BCUT2D eigenvalue weighted by Crippen LogP contribution is -2.36. The molecule has 1 aromatic rings. The van der Waals surface area contributed by atoms with Crippen molar-refractivity contribution in [2.75, 3.05) is 11.9 Å². The van der Waals surface area contributed by atoms with Gasteiger partial charge in [0.25, 0.3) is 0 Å². The fraction of sp³-hybridized carbons (Fsp3) is 0.692. The summed E-state index contributed by atoms with van der Waals surface area (Å²) in [7, 11) is 2.08. The van der Waals surface area contributed by atoms with Crippen LogP contribution in [0.1, 0.15) is 38.3 Å². The van der Waals surface area contributed by atoms with Crippen molar-refractivity contribution in [3.05, 3.63) is 18.1 Å². The maximum atomic E-state index is 9.08. The van der Waals surface area contributed by atoms with Gasteiger partial charge in [0.2, 0.25) is 0 Å². The molecular weight excluding hydrogens is 214 g/mol. The smallest absolute Gasteiger partial charge is 0.147 e. The molecule has 0 spiro atoms. The second-order valence-corrected chi connectivity index (χ2v) is 5.06. The van der Waals surface area contributed by atoms with Crippen molar-refractivity contribution in [2.45, 2.75) is 45.3 Å². The number of hydrogen-bond donors (Lipinski definition) is 1. The fourth-order valence-electron chi connectivity index (χ4n) is 2.58. The second-order valence-electron chi connectivity index (χ2n) is 5.06. The molecule has 1 aliphatic carbocycles. The summed E-state index contributed by atoms with van der Waals surface area (Å²) in [6.45, 7) is 2.27. The lowest BCUT2D eigenvalue weighted by atomic mass is 9.86. The molecular formula is C13H21N3O. The first-order valence-corrected chi connectivity index (χ1v) is 6.35. The van der Waals surface area contributed by atoms with E-state index in [-0.39, 0.29) is 6.61 Å². The Morgan fingerprint density at radius 2 is 2.24 bits per heavy atom. The molecule has 2 atom stereocenters. The highest BCUT2D eigenvalue weighted by atomic mass is 16.3. The van der Waals surface area contributed by atoms with Gasteiger partial charge in [0.1, 0.15) is 5.82 Å². The average molecular weight is 235 g/mol. The minimum Gasteiger partial charge on any atom is -0.390 e. The summed E-state index contributed by atoms with van der Waals surface area (Å²) < 4.78 is 0. The van der Waals surface area contributed by atoms with Crippen molar-refractivity contribution in [3.8, 4) is 0 Å². The molecule has 0 bridgehead atoms. The molecule has 4 nitrogen and oxygen atoms in total. The maximum absolute atomic E-state index is 9.08. The Bertz CT molecular complexity index is 369. The van der Waals surface area contributed by atoms with Crippen LogP contribution in [0, 0.1) is 5.92 Å². The summed E-state index contributed by atoms with van der Waals surface area (Å²) in [6.07, 6.45) is 8.47. The van der Waals surface area contributed by atoms with Crippen LogP contribution in [0.4, 0.5) is 5.82 Å². The number of aliphatic hydroxyl groups is 1.